The van der Waals surface area contributed by atoms with Crippen molar-refractivity contribution < 1.29 is 9.59 Å². The molecular formula is C15H13Cl2N3O2. The van der Waals surface area contributed by atoms with Crippen LogP contribution in [0.15, 0.2) is 36.4 Å². The number of nitrogens with one attached hydrogen (secondary N) is 2. The summed E-state index contributed by atoms with van der Waals surface area (Å²) in [5.74, 6) is -1.70. The van der Waals surface area contributed by atoms with Crippen LogP contribution in [0.3, 0.4) is 0 Å². The number of nitrogens with two attached hydrogens (primary N) is 1. The van der Waals surface area contributed by atoms with Crippen molar-refractivity contribution in [1.29, 1.82) is 0 Å². The summed E-state index contributed by atoms with van der Waals surface area (Å²) in [6.07, 6.45) is 0. The zero-order chi connectivity index (χ0) is 16.3. The molecule has 22 heavy (non-hydrogen) atoms. The van der Waals surface area contributed by atoms with E-state index in [9.17, 15) is 9.59 Å². The molecule has 0 bridgehead atoms. The summed E-state index contributed by atoms with van der Waals surface area (Å²) in [6.45, 7) is 1.85. The van der Waals surface area contributed by atoms with Gasteiger partial charge in [0, 0.05) is 5.02 Å². The average molecular weight is 338 g/mol. The molecule has 0 aliphatic carbocycles. The minimum Gasteiger partial charge on any atom is -0.397 e. The summed E-state index contributed by atoms with van der Waals surface area (Å²) in [5.41, 5.74) is 7.70. The largest absolute Gasteiger partial charge is 0.397 e. The van der Waals surface area contributed by atoms with E-state index in [1.165, 1.54) is 12.1 Å². The molecule has 0 fully saturated rings. The molecule has 2 amide bonds. The van der Waals surface area contributed by atoms with Gasteiger partial charge in [-0.05, 0) is 42.8 Å². The first-order valence-electron chi connectivity index (χ1n) is 6.30. The minimum atomic E-state index is -0.856. The molecule has 0 atom stereocenters. The Morgan fingerprint density at radius 1 is 0.955 bits per heavy atom. The standard InChI is InChI=1S/C15H13Cl2N3O2/c1-8-2-4-11(18)13(6-8)20-15(22)14(21)19-12-5-3-9(16)7-10(12)17/h2-7H,18H2,1H3,(H,19,21)(H,20,22). The fourth-order valence-electron chi connectivity index (χ4n) is 1.73. The summed E-state index contributed by atoms with van der Waals surface area (Å²) in [6, 6.07) is 9.67. The second-order valence-electron chi connectivity index (χ2n) is 4.62. The van der Waals surface area contributed by atoms with Crippen molar-refractivity contribution in [3.8, 4) is 0 Å². The Morgan fingerprint density at radius 2 is 1.59 bits per heavy atom. The average Bonchev–Trinajstić information content (AvgIpc) is 2.45. The summed E-state index contributed by atoms with van der Waals surface area (Å²) < 4.78 is 0. The molecule has 0 radical (unpaired) electrons. The van der Waals surface area contributed by atoms with E-state index in [1.54, 1.807) is 24.3 Å². The highest BCUT2D eigenvalue weighted by Crippen LogP contribution is 2.25. The normalized spacial score (nSPS) is 10.1. The lowest BCUT2D eigenvalue weighted by molar-refractivity contribution is -0.132. The van der Waals surface area contributed by atoms with Crippen LogP contribution in [0.2, 0.25) is 10.0 Å². The molecule has 7 heteroatoms. The van der Waals surface area contributed by atoms with Crippen molar-refractivity contribution in [2.75, 3.05) is 16.4 Å². The predicted molar refractivity (Wildman–Crippen MR) is 89.3 cm³/mol. The third-order valence-electron chi connectivity index (χ3n) is 2.84. The summed E-state index contributed by atoms with van der Waals surface area (Å²) in [7, 11) is 0. The van der Waals surface area contributed by atoms with Gasteiger partial charge >= 0.3 is 11.8 Å². The molecule has 0 aromatic heterocycles. The van der Waals surface area contributed by atoms with Crippen molar-refractivity contribution in [1.82, 2.24) is 0 Å². The zero-order valence-electron chi connectivity index (χ0n) is 11.6. The molecule has 2 rings (SSSR count). The predicted octanol–water partition coefficient (Wildman–Crippen LogP) is 3.46. The fourth-order valence-corrected chi connectivity index (χ4v) is 2.18. The SMILES string of the molecule is Cc1ccc(N)c(NC(=O)C(=O)Nc2ccc(Cl)cc2Cl)c1. The van der Waals surface area contributed by atoms with Gasteiger partial charge in [-0.15, -0.1) is 0 Å². The van der Waals surface area contributed by atoms with Crippen molar-refractivity contribution in [2.45, 2.75) is 6.92 Å². The Kier molecular flexibility index (Phi) is 4.90. The van der Waals surface area contributed by atoms with Crippen LogP contribution in [-0.4, -0.2) is 11.8 Å². The second kappa shape index (κ2) is 6.68. The third-order valence-corrected chi connectivity index (χ3v) is 3.39. The van der Waals surface area contributed by atoms with E-state index in [4.69, 9.17) is 28.9 Å². The van der Waals surface area contributed by atoms with E-state index >= 15 is 0 Å². The van der Waals surface area contributed by atoms with Gasteiger partial charge in [-0.3, -0.25) is 9.59 Å². The fraction of sp³-hybridized carbons (Fsp3) is 0.0667. The van der Waals surface area contributed by atoms with Crippen molar-refractivity contribution >= 4 is 52.1 Å². The number of hydrogen-bond acceptors (Lipinski definition) is 3. The molecule has 0 aliphatic rings. The molecule has 4 N–H and O–H groups in total. The molecule has 2 aromatic carbocycles. The highest BCUT2D eigenvalue weighted by Gasteiger charge is 2.16. The van der Waals surface area contributed by atoms with Crippen LogP contribution in [0, 0.1) is 6.92 Å². The van der Waals surface area contributed by atoms with E-state index in [-0.39, 0.29) is 5.02 Å². The maximum atomic E-state index is 11.9. The quantitative estimate of drug-likeness (QED) is 0.579. The molecule has 0 unspecified atom stereocenters. The monoisotopic (exact) mass is 337 g/mol. The zero-order valence-corrected chi connectivity index (χ0v) is 13.1. The first-order chi connectivity index (χ1) is 10.4. The molecular weight excluding hydrogens is 325 g/mol. The van der Waals surface area contributed by atoms with Crippen molar-refractivity contribution in [3.63, 3.8) is 0 Å². The maximum absolute atomic E-state index is 11.9. The van der Waals surface area contributed by atoms with Crippen LogP contribution in [0.4, 0.5) is 17.1 Å². The Bertz CT molecular complexity index is 748. The summed E-state index contributed by atoms with van der Waals surface area (Å²) in [4.78, 5) is 23.8. The number of carbonyl (C=O) groups is 2. The van der Waals surface area contributed by atoms with Crippen molar-refractivity contribution in [3.05, 3.63) is 52.0 Å². The minimum absolute atomic E-state index is 0.240. The smallest absolute Gasteiger partial charge is 0.314 e. The Morgan fingerprint density at radius 3 is 2.23 bits per heavy atom. The van der Waals surface area contributed by atoms with Crippen LogP contribution in [0.1, 0.15) is 5.56 Å². The van der Waals surface area contributed by atoms with E-state index in [2.05, 4.69) is 10.6 Å². The van der Waals surface area contributed by atoms with Gasteiger partial charge in [0.15, 0.2) is 0 Å². The van der Waals surface area contributed by atoms with Gasteiger partial charge in [0.25, 0.3) is 0 Å². The summed E-state index contributed by atoms with van der Waals surface area (Å²) >= 11 is 11.7. The Balaban J connectivity index is 2.09. The number of rotatable bonds is 2. The molecule has 0 heterocycles. The number of hydrogen-bond donors (Lipinski definition) is 3. The van der Waals surface area contributed by atoms with Crippen LogP contribution >= 0.6 is 23.2 Å². The molecule has 0 aliphatic heterocycles. The molecule has 0 saturated carbocycles. The molecule has 0 saturated heterocycles. The van der Waals surface area contributed by atoms with Crippen molar-refractivity contribution in [2.24, 2.45) is 0 Å². The number of nitrogen functional groups attached to an aromatic ring is 1. The first kappa shape index (κ1) is 16.1. The van der Waals surface area contributed by atoms with E-state index < -0.39 is 11.8 Å². The Labute approximate surface area is 137 Å². The van der Waals surface area contributed by atoms with Crippen LogP contribution in [0.5, 0.6) is 0 Å². The second-order valence-corrected chi connectivity index (χ2v) is 5.47. The van der Waals surface area contributed by atoms with Gasteiger partial charge in [0.05, 0.1) is 22.1 Å². The highest BCUT2D eigenvalue weighted by atomic mass is 35.5. The number of carbonyl (C=O) groups excluding carboxylic acids is 2. The highest BCUT2D eigenvalue weighted by molar-refractivity contribution is 6.45. The first-order valence-corrected chi connectivity index (χ1v) is 7.06. The summed E-state index contributed by atoms with van der Waals surface area (Å²) in [5, 5.41) is 5.54. The van der Waals surface area contributed by atoms with Gasteiger partial charge in [-0.1, -0.05) is 29.3 Å². The van der Waals surface area contributed by atoms with Gasteiger partial charge in [-0.2, -0.15) is 0 Å². The van der Waals surface area contributed by atoms with E-state index in [0.29, 0.717) is 22.1 Å². The lowest BCUT2D eigenvalue weighted by Gasteiger charge is -2.10. The van der Waals surface area contributed by atoms with Gasteiger partial charge in [0.2, 0.25) is 0 Å². The van der Waals surface area contributed by atoms with Crippen LogP contribution < -0.4 is 16.4 Å². The molecule has 5 nitrogen and oxygen atoms in total. The molecule has 114 valence electrons. The van der Waals surface area contributed by atoms with Gasteiger partial charge in [0.1, 0.15) is 0 Å². The number of benzene rings is 2. The lowest BCUT2D eigenvalue weighted by atomic mass is 10.2. The molecule has 0 spiro atoms. The number of amides is 2. The third kappa shape index (κ3) is 3.90. The molecule has 2 aromatic rings. The Hall–Kier alpha value is -2.24. The van der Waals surface area contributed by atoms with Gasteiger partial charge in [-0.25, -0.2) is 0 Å². The van der Waals surface area contributed by atoms with E-state index in [0.717, 1.165) is 5.56 Å². The topological polar surface area (TPSA) is 84.2 Å². The number of anilines is 3. The number of halogens is 2. The maximum Gasteiger partial charge on any atom is 0.314 e. The lowest BCUT2D eigenvalue weighted by Crippen LogP contribution is -2.29. The van der Waals surface area contributed by atoms with E-state index in [1.807, 2.05) is 6.92 Å². The van der Waals surface area contributed by atoms with Crippen LogP contribution in [-0.2, 0) is 9.59 Å². The van der Waals surface area contributed by atoms with Gasteiger partial charge < -0.3 is 16.4 Å². The number of aryl methyl sites for hydroxylation is 1. The van der Waals surface area contributed by atoms with Crippen LogP contribution in [0.25, 0.3) is 0 Å².